The summed E-state index contributed by atoms with van der Waals surface area (Å²) in [5.41, 5.74) is 0. The minimum absolute atomic E-state index is 0.158. The third-order valence-corrected chi connectivity index (χ3v) is 5.05. The summed E-state index contributed by atoms with van der Waals surface area (Å²) in [7, 11) is -3.72. The lowest BCUT2D eigenvalue weighted by Crippen LogP contribution is -2.34. The van der Waals surface area contributed by atoms with Gasteiger partial charge in [-0.05, 0) is 39.3 Å². The Hall–Kier alpha value is 0.0138. The molecule has 0 aliphatic rings. The average molecular weight is 268 g/mol. The molecule has 0 aromatic heterocycles. The van der Waals surface area contributed by atoms with Gasteiger partial charge in [0.1, 0.15) is 5.75 Å². The Kier molecular flexibility index (Phi) is 5.38. The van der Waals surface area contributed by atoms with E-state index in [0.29, 0.717) is 0 Å². The minimum atomic E-state index is -1.87. The summed E-state index contributed by atoms with van der Waals surface area (Å²) in [6, 6.07) is 0. The number of hydrogen-bond donors (Lipinski definition) is 0. The van der Waals surface area contributed by atoms with Crippen LogP contribution in [-0.2, 0) is 24.2 Å². The van der Waals surface area contributed by atoms with Gasteiger partial charge in [0.2, 0.25) is 16.6 Å². The number of carbonyl (C=O) groups excluding carboxylic acids is 1. The van der Waals surface area contributed by atoms with E-state index in [2.05, 4.69) is 0 Å². The second-order valence-electron chi connectivity index (χ2n) is 5.23. The van der Waals surface area contributed by atoms with Gasteiger partial charge in [-0.15, -0.1) is 0 Å². The van der Waals surface area contributed by atoms with Crippen molar-refractivity contribution < 1.29 is 17.3 Å². The van der Waals surface area contributed by atoms with Crippen molar-refractivity contribution in [3.63, 3.8) is 0 Å². The molecule has 7 heteroatoms. The molecule has 90 valence electrons. The Morgan fingerprint density at radius 1 is 1.07 bits per heavy atom. The first-order chi connectivity index (χ1) is 6.49. The van der Waals surface area contributed by atoms with E-state index in [9.17, 15) is 9.00 Å². The molecule has 0 amide bonds. The van der Waals surface area contributed by atoms with Crippen LogP contribution in [0.4, 0.5) is 0 Å². The molecule has 0 saturated heterocycles. The van der Waals surface area contributed by atoms with Crippen molar-refractivity contribution in [2.45, 2.75) is 39.3 Å². The van der Waals surface area contributed by atoms with Gasteiger partial charge in [-0.2, -0.15) is 0 Å². The summed E-state index contributed by atoms with van der Waals surface area (Å²) in [5, 5.41) is 0. The van der Waals surface area contributed by atoms with Gasteiger partial charge in [0.25, 0.3) is 0 Å². The molecule has 0 aliphatic heterocycles. The fourth-order valence-electron chi connectivity index (χ4n) is 0.775. The van der Waals surface area contributed by atoms with Crippen LogP contribution in [0, 0.1) is 0 Å². The van der Waals surface area contributed by atoms with Gasteiger partial charge < -0.3 is 8.30 Å². The Morgan fingerprint density at radius 2 is 1.53 bits per heavy atom. The molecule has 0 spiro atoms. The predicted octanol–water partition coefficient (Wildman–Crippen LogP) is 1.88. The van der Waals surface area contributed by atoms with Crippen LogP contribution >= 0.6 is 0 Å². The average Bonchev–Trinajstić information content (AvgIpc) is 1.73. The van der Waals surface area contributed by atoms with Crippen molar-refractivity contribution in [2.75, 3.05) is 5.75 Å². The van der Waals surface area contributed by atoms with Crippen molar-refractivity contribution in [2.24, 2.45) is 0 Å². The van der Waals surface area contributed by atoms with Crippen molar-refractivity contribution in [1.29, 1.82) is 0 Å². The zero-order valence-corrected chi connectivity index (χ0v) is 13.1. The lowest BCUT2D eigenvalue weighted by atomic mass is 10.8. The fourth-order valence-corrected chi connectivity index (χ4v) is 4.35. The molecule has 0 radical (unpaired) electrons. The van der Waals surface area contributed by atoms with E-state index >= 15 is 0 Å². The van der Waals surface area contributed by atoms with E-state index in [1.807, 2.05) is 39.3 Å². The maximum absolute atomic E-state index is 11.4. The highest BCUT2D eigenvalue weighted by atomic mass is 32.2. The molecule has 0 rings (SSSR count). The van der Waals surface area contributed by atoms with Crippen LogP contribution in [0.25, 0.3) is 0 Å². The van der Waals surface area contributed by atoms with Gasteiger partial charge in [0.15, 0.2) is 11.1 Å². The lowest BCUT2D eigenvalue weighted by molar-refractivity contribution is -0.132. The van der Waals surface area contributed by atoms with Crippen LogP contribution in [0.15, 0.2) is 0 Å². The predicted molar refractivity (Wildman–Crippen MR) is 66.9 cm³/mol. The topological polar surface area (TPSA) is 52.6 Å². The highest BCUT2D eigenvalue weighted by Crippen LogP contribution is 2.07. The zero-order valence-electron chi connectivity index (χ0n) is 10.2. The second-order valence-corrected chi connectivity index (χ2v) is 15.4. The van der Waals surface area contributed by atoms with Crippen LogP contribution < -0.4 is 0 Å². The minimum Gasteiger partial charge on any atom is -0.519 e. The molecule has 4 nitrogen and oxygen atoms in total. The first kappa shape index (κ1) is 15.0. The molecule has 0 N–H and O–H groups in total. The number of rotatable bonds is 5. The molecule has 1 atom stereocenters. The Bertz CT molecular complexity index is 228. The zero-order chi connectivity index (χ0) is 12.3. The Balaban J connectivity index is 4.04. The summed E-state index contributed by atoms with van der Waals surface area (Å²) < 4.78 is 21.8. The van der Waals surface area contributed by atoms with Crippen LogP contribution in [0.5, 0.6) is 0 Å². The SMILES string of the molecule is C[Si](C)(C)OC(=O)CS(=O)O[Si](C)(C)C. The van der Waals surface area contributed by atoms with Crippen molar-refractivity contribution in [3.05, 3.63) is 0 Å². The molecule has 0 fully saturated rings. The summed E-state index contributed by atoms with van der Waals surface area (Å²) in [5.74, 6) is -0.583. The van der Waals surface area contributed by atoms with Gasteiger partial charge in [0, 0.05) is 0 Å². The van der Waals surface area contributed by atoms with E-state index in [1.54, 1.807) is 0 Å². The third-order valence-electron chi connectivity index (χ3n) is 0.999. The molecular weight excluding hydrogens is 248 g/mol. The first-order valence-corrected chi connectivity index (χ1v) is 12.9. The fraction of sp³-hybridized carbons (Fsp3) is 0.875. The van der Waals surface area contributed by atoms with Crippen LogP contribution in [0.1, 0.15) is 0 Å². The van der Waals surface area contributed by atoms with Gasteiger partial charge in [-0.1, -0.05) is 0 Å². The van der Waals surface area contributed by atoms with E-state index in [1.165, 1.54) is 0 Å². The first-order valence-electron chi connectivity index (χ1n) is 4.79. The molecule has 0 heterocycles. The number of hydrogen-bond acceptors (Lipinski definition) is 4. The summed E-state index contributed by atoms with van der Waals surface area (Å²) >= 11 is -1.54. The molecule has 0 aromatic rings. The van der Waals surface area contributed by atoms with Gasteiger partial charge in [-0.3, -0.25) is 4.79 Å². The molecule has 1 unspecified atom stereocenters. The van der Waals surface area contributed by atoms with Crippen LogP contribution in [0.2, 0.25) is 39.3 Å². The lowest BCUT2D eigenvalue weighted by Gasteiger charge is -2.19. The third kappa shape index (κ3) is 10.3. The molecule has 0 bridgehead atoms. The Labute approximate surface area is 96.3 Å². The largest absolute Gasteiger partial charge is 0.519 e. The molecular formula is C8H20O4SSi2. The van der Waals surface area contributed by atoms with E-state index in [4.69, 9.17) is 8.30 Å². The number of carbonyl (C=O) groups is 1. The normalized spacial score (nSPS) is 14.8. The van der Waals surface area contributed by atoms with Crippen LogP contribution in [-0.4, -0.2) is 32.6 Å². The summed E-state index contributed by atoms with van der Waals surface area (Å²) in [4.78, 5) is 11.3. The standard InChI is InChI=1S/C8H20O4SSi2/c1-14(2,3)11-8(9)7-13(10)12-15(4,5)6/h7H2,1-6H3. The summed E-state index contributed by atoms with van der Waals surface area (Å²) in [6.07, 6.45) is 0. The molecule has 15 heavy (non-hydrogen) atoms. The maximum atomic E-state index is 11.4. The quantitative estimate of drug-likeness (QED) is 0.714. The smallest absolute Gasteiger partial charge is 0.307 e. The van der Waals surface area contributed by atoms with Gasteiger partial charge in [0.05, 0.1) is 0 Å². The monoisotopic (exact) mass is 268 g/mol. The van der Waals surface area contributed by atoms with Crippen molar-refractivity contribution >= 4 is 33.7 Å². The molecule has 0 aromatic carbocycles. The summed E-state index contributed by atoms with van der Waals surface area (Å²) in [6.45, 7) is 11.5. The van der Waals surface area contributed by atoms with Gasteiger partial charge in [-0.25, -0.2) is 4.21 Å². The van der Waals surface area contributed by atoms with Crippen molar-refractivity contribution in [1.82, 2.24) is 0 Å². The van der Waals surface area contributed by atoms with Crippen LogP contribution in [0.3, 0.4) is 0 Å². The molecule has 0 aliphatic carbocycles. The molecule has 0 saturated carbocycles. The highest BCUT2D eigenvalue weighted by Gasteiger charge is 2.24. The van der Waals surface area contributed by atoms with Crippen molar-refractivity contribution in [3.8, 4) is 0 Å². The van der Waals surface area contributed by atoms with E-state index in [0.717, 1.165) is 0 Å². The highest BCUT2D eigenvalue weighted by molar-refractivity contribution is 7.82. The second kappa shape index (κ2) is 5.37. The van der Waals surface area contributed by atoms with Gasteiger partial charge >= 0.3 is 5.97 Å². The van der Waals surface area contributed by atoms with E-state index < -0.39 is 33.7 Å². The Morgan fingerprint density at radius 3 is 1.87 bits per heavy atom. The van der Waals surface area contributed by atoms with E-state index in [-0.39, 0.29) is 5.75 Å². The maximum Gasteiger partial charge on any atom is 0.307 e.